The molecule has 0 amide bonds. The van der Waals surface area contributed by atoms with Crippen LogP contribution in [-0.4, -0.2) is 34.2 Å². The fraction of sp³-hybridized carbons (Fsp3) is 0.350. The molecule has 0 heterocycles. The van der Waals surface area contributed by atoms with Crippen LogP contribution in [0.4, 0.5) is 4.39 Å². The Bertz CT molecular complexity index is 958. The molecule has 28 heavy (non-hydrogen) atoms. The second kappa shape index (κ2) is 8.92. The van der Waals surface area contributed by atoms with E-state index in [0.717, 1.165) is 11.1 Å². The highest BCUT2D eigenvalue weighted by Crippen LogP contribution is 2.29. The minimum Gasteiger partial charge on any atom is -0.356 e. The van der Waals surface area contributed by atoms with Crippen molar-refractivity contribution in [2.75, 3.05) is 19.8 Å². The third-order valence-electron chi connectivity index (χ3n) is 4.39. The van der Waals surface area contributed by atoms with Crippen LogP contribution < -0.4 is 10.6 Å². The molecule has 0 radical (unpaired) electrons. The molecule has 2 N–H and O–H groups in total. The van der Waals surface area contributed by atoms with E-state index in [1.165, 1.54) is 18.4 Å². The predicted octanol–water partition coefficient (Wildman–Crippen LogP) is 3.53. The third-order valence-corrected chi connectivity index (χ3v) is 5.83. The van der Waals surface area contributed by atoms with Crippen molar-refractivity contribution in [2.24, 2.45) is 4.99 Å². The number of nitrogens with zero attached hydrogens (tertiary/aromatic N) is 1. The first-order chi connectivity index (χ1) is 13.0. The summed E-state index contributed by atoms with van der Waals surface area (Å²) < 4.78 is 36.3. The van der Waals surface area contributed by atoms with Crippen LogP contribution in [0.1, 0.15) is 25.0 Å². The Labute approximate surface area is 170 Å². The number of hydrogen-bond acceptors (Lipinski definition) is 3. The molecular weight excluding hydrogens is 401 g/mol. The van der Waals surface area contributed by atoms with Gasteiger partial charge in [-0.05, 0) is 35.4 Å². The van der Waals surface area contributed by atoms with E-state index in [2.05, 4.69) is 15.6 Å². The molecule has 0 aliphatic rings. The van der Waals surface area contributed by atoms with Gasteiger partial charge in [-0.15, -0.1) is 0 Å². The summed E-state index contributed by atoms with van der Waals surface area (Å²) in [6, 6.07) is 11.1. The molecule has 8 heteroatoms. The van der Waals surface area contributed by atoms with Crippen molar-refractivity contribution in [3.63, 3.8) is 0 Å². The Balaban J connectivity index is 1.97. The molecule has 0 unspecified atom stereocenters. The topological polar surface area (TPSA) is 70.6 Å². The number of benzene rings is 2. The van der Waals surface area contributed by atoms with Crippen molar-refractivity contribution in [1.82, 2.24) is 10.6 Å². The van der Waals surface area contributed by atoms with E-state index in [4.69, 9.17) is 11.6 Å². The summed E-state index contributed by atoms with van der Waals surface area (Å²) in [6.07, 6.45) is 1.18. The number of sulfone groups is 1. The highest BCUT2D eigenvalue weighted by atomic mass is 35.5. The minimum atomic E-state index is -3.20. The summed E-state index contributed by atoms with van der Waals surface area (Å²) >= 11 is 6.19. The van der Waals surface area contributed by atoms with Gasteiger partial charge < -0.3 is 10.6 Å². The van der Waals surface area contributed by atoms with E-state index < -0.39 is 9.84 Å². The molecule has 0 saturated heterocycles. The molecule has 0 saturated carbocycles. The van der Waals surface area contributed by atoms with Crippen molar-refractivity contribution in [3.8, 4) is 0 Å². The maximum absolute atomic E-state index is 13.3. The first kappa shape index (κ1) is 22.2. The van der Waals surface area contributed by atoms with E-state index in [1.807, 2.05) is 13.8 Å². The lowest BCUT2D eigenvalue weighted by atomic mass is 9.84. The van der Waals surface area contributed by atoms with Crippen LogP contribution in [0.15, 0.2) is 52.4 Å². The molecule has 0 bridgehead atoms. The SMILES string of the molecule is CN=C(NCc1ccc(S(C)(=O)=O)cc1)NCC(C)(C)c1ccc(F)cc1Cl. The molecule has 0 aromatic heterocycles. The van der Waals surface area contributed by atoms with Gasteiger partial charge in [0.05, 0.1) is 4.90 Å². The molecule has 2 aromatic rings. The zero-order chi connectivity index (χ0) is 20.9. The molecule has 0 fully saturated rings. The quantitative estimate of drug-likeness (QED) is 0.548. The number of rotatable bonds is 6. The normalized spacial score (nSPS) is 12.7. The number of hydrogen-bond donors (Lipinski definition) is 2. The van der Waals surface area contributed by atoms with E-state index in [9.17, 15) is 12.8 Å². The lowest BCUT2D eigenvalue weighted by molar-refractivity contribution is 0.507. The molecule has 0 aliphatic carbocycles. The fourth-order valence-electron chi connectivity index (χ4n) is 2.70. The summed E-state index contributed by atoms with van der Waals surface area (Å²) in [5, 5.41) is 6.82. The number of halogens is 2. The second-order valence-electron chi connectivity index (χ2n) is 7.20. The lowest BCUT2D eigenvalue weighted by Gasteiger charge is -2.27. The second-order valence-corrected chi connectivity index (χ2v) is 9.63. The van der Waals surface area contributed by atoms with Crippen LogP contribution >= 0.6 is 11.6 Å². The summed E-state index contributed by atoms with van der Waals surface area (Å²) in [4.78, 5) is 4.49. The average Bonchev–Trinajstić information content (AvgIpc) is 2.61. The van der Waals surface area contributed by atoms with Gasteiger partial charge in [0.15, 0.2) is 15.8 Å². The Hall–Kier alpha value is -2.12. The number of aliphatic imine (C=N–C) groups is 1. The van der Waals surface area contributed by atoms with Gasteiger partial charge in [-0.3, -0.25) is 4.99 Å². The summed E-state index contributed by atoms with van der Waals surface area (Å²) in [6.45, 7) is 5.04. The van der Waals surface area contributed by atoms with Crippen LogP contribution in [-0.2, 0) is 21.8 Å². The molecule has 5 nitrogen and oxygen atoms in total. The van der Waals surface area contributed by atoms with Crippen molar-refractivity contribution < 1.29 is 12.8 Å². The van der Waals surface area contributed by atoms with Gasteiger partial charge in [0.1, 0.15) is 5.82 Å². The number of guanidine groups is 1. The first-order valence-electron chi connectivity index (χ1n) is 8.72. The van der Waals surface area contributed by atoms with Crippen LogP contribution in [0.25, 0.3) is 0 Å². The van der Waals surface area contributed by atoms with Crippen LogP contribution in [0.3, 0.4) is 0 Å². The monoisotopic (exact) mass is 425 g/mol. The molecule has 2 rings (SSSR count). The maximum Gasteiger partial charge on any atom is 0.191 e. The van der Waals surface area contributed by atoms with Gasteiger partial charge in [-0.25, -0.2) is 12.8 Å². The Morgan fingerprint density at radius 3 is 2.32 bits per heavy atom. The van der Waals surface area contributed by atoms with E-state index in [1.54, 1.807) is 37.4 Å². The van der Waals surface area contributed by atoms with Gasteiger partial charge in [0.25, 0.3) is 0 Å². The van der Waals surface area contributed by atoms with Crippen LogP contribution in [0.5, 0.6) is 0 Å². The first-order valence-corrected chi connectivity index (χ1v) is 11.0. The molecule has 2 aromatic carbocycles. The molecule has 0 atom stereocenters. The Morgan fingerprint density at radius 1 is 1.14 bits per heavy atom. The highest BCUT2D eigenvalue weighted by molar-refractivity contribution is 7.90. The molecular formula is C20H25ClFN3O2S. The van der Waals surface area contributed by atoms with E-state index >= 15 is 0 Å². The average molecular weight is 426 g/mol. The Morgan fingerprint density at radius 2 is 1.79 bits per heavy atom. The van der Waals surface area contributed by atoms with Crippen molar-refractivity contribution >= 4 is 27.4 Å². The van der Waals surface area contributed by atoms with Crippen LogP contribution in [0.2, 0.25) is 5.02 Å². The Kier molecular flexibility index (Phi) is 7.06. The van der Waals surface area contributed by atoms with Crippen molar-refractivity contribution in [2.45, 2.75) is 30.7 Å². The van der Waals surface area contributed by atoms with Gasteiger partial charge in [-0.1, -0.05) is 43.6 Å². The third kappa shape index (κ3) is 5.94. The van der Waals surface area contributed by atoms with Gasteiger partial charge in [-0.2, -0.15) is 0 Å². The molecule has 0 spiro atoms. The standard InChI is InChI=1S/C20H25ClFN3O2S/c1-20(2,17-10-7-15(22)11-18(17)21)13-25-19(23-3)24-12-14-5-8-16(9-6-14)28(4,26)27/h5-11H,12-13H2,1-4H3,(H2,23,24,25). The number of nitrogens with one attached hydrogen (secondary N) is 2. The summed E-state index contributed by atoms with van der Waals surface area (Å²) in [5.74, 6) is 0.232. The zero-order valence-corrected chi connectivity index (χ0v) is 18.0. The smallest absolute Gasteiger partial charge is 0.191 e. The highest BCUT2D eigenvalue weighted by Gasteiger charge is 2.24. The van der Waals surface area contributed by atoms with Gasteiger partial charge in [0.2, 0.25) is 0 Å². The minimum absolute atomic E-state index is 0.289. The zero-order valence-electron chi connectivity index (χ0n) is 16.4. The molecule has 152 valence electrons. The lowest BCUT2D eigenvalue weighted by Crippen LogP contribution is -2.43. The van der Waals surface area contributed by atoms with Crippen molar-refractivity contribution in [3.05, 3.63) is 64.4 Å². The van der Waals surface area contributed by atoms with Crippen molar-refractivity contribution in [1.29, 1.82) is 0 Å². The van der Waals surface area contributed by atoms with Crippen LogP contribution in [0, 0.1) is 5.82 Å². The summed E-state index contributed by atoms with van der Waals surface area (Å²) in [7, 11) is -1.54. The van der Waals surface area contributed by atoms with E-state index in [0.29, 0.717) is 24.1 Å². The fourth-order valence-corrected chi connectivity index (χ4v) is 3.75. The van der Waals surface area contributed by atoms with E-state index in [-0.39, 0.29) is 16.1 Å². The molecule has 0 aliphatic heterocycles. The van der Waals surface area contributed by atoms with Gasteiger partial charge in [0, 0.05) is 36.8 Å². The summed E-state index contributed by atoms with van der Waals surface area (Å²) in [5.41, 5.74) is 1.42. The van der Waals surface area contributed by atoms with Gasteiger partial charge >= 0.3 is 0 Å². The predicted molar refractivity (Wildman–Crippen MR) is 112 cm³/mol. The maximum atomic E-state index is 13.3. The largest absolute Gasteiger partial charge is 0.356 e.